The zero-order valence-electron chi connectivity index (χ0n) is 13.8. The number of rotatable bonds is 4. The molecule has 1 fully saturated rings. The summed E-state index contributed by atoms with van der Waals surface area (Å²) in [5.74, 6) is 0.798. The number of anilines is 1. The number of nitrogens with one attached hydrogen (secondary N) is 1. The Morgan fingerprint density at radius 2 is 2.13 bits per heavy atom. The second-order valence-corrected chi connectivity index (χ2v) is 6.88. The third-order valence-electron chi connectivity index (χ3n) is 4.44. The Labute approximate surface area is 135 Å². The predicted octanol–water partition coefficient (Wildman–Crippen LogP) is 3.91. The summed E-state index contributed by atoms with van der Waals surface area (Å²) in [7, 11) is 0. The summed E-state index contributed by atoms with van der Waals surface area (Å²) in [6.07, 6.45) is 3.48. The van der Waals surface area contributed by atoms with Gasteiger partial charge in [0.1, 0.15) is 0 Å². The van der Waals surface area contributed by atoms with Crippen molar-refractivity contribution in [2.45, 2.75) is 27.7 Å². The van der Waals surface area contributed by atoms with E-state index in [9.17, 15) is 4.79 Å². The van der Waals surface area contributed by atoms with Crippen molar-refractivity contribution in [3.8, 4) is 11.5 Å². The summed E-state index contributed by atoms with van der Waals surface area (Å²) in [4.78, 5) is 12.6. The quantitative estimate of drug-likeness (QED) is 0.869. The molecule has 0 radical (unpaired) electrons. The molecule has 1 aromatic carbocycles. The van der Waals surface area contributed by atoms with E-state index in [-0.39, 0.29) is 17.2 Å². The molecule has 1 N–H and O–H groups in total. The number of nitrogens with zero attached hydrogens (tertiary/aromatic N) is 2. The van der Waals surface area contributed by atoms with Crippen LogP contribution in [0.3, 0.4) is 0 Å². The lowest BCUT2D eigenvalue weighted by atomic mass is 10.1. The molecule has 1 amide bonds. The van der Waals surface area contributed by atoms with Gasteiger partial charge in [0.25, 0.3) is 0 Å². The first-order valence-corrected chi connectivity index (χ1v) is 7.72. The minimum absolute atomic E-state index is 0.00413. The van der Waals surface area contributed by atoms with Crippen molar-refractivity contribution in [2.75, 3.05) is 5.32 Å². The van der Waals surface area contributed by atoms with E-state index >= 15 is 0 Å². The molecule has 1 aromatic heterocycles. The van der Waals surface area contributed by atoms with Gasteiger partial charge in [0.2, 0.25) is 18.2 Å². The summed E-state index contributed by atoms with van der Waals surface area (Å²) >= 11 is 0. The lowest BCUT2D eigenvalue weighted by Crippen LogP contribution is -2.16. The van der Waals surface area contributed by atoms with E-state index < -0.39 is 0 Å². The van der Waals surface area contributed by atoms with Crippen LogP contribution >= 0.6 is 0 Å². The van der Waals surface area contributed by atoms with E-state index in [1.165, 1.54) is 12.0 Å². The van der Waals surface area contributed by atoms with Crippen LogP contribution in [0.25, 0.3) is 11.5 Å². The number of hydrogen-bond acceptors (Lipinski definition) is 4. The summed E-state index contributed by atoms with van der Waals surface area (Å²) in [5.41, 5.74) is 2.78. The fraction of sp³-hybridized carbons (Fsp3) is 0.389. The minimum atomic E-state index is 0.00413. The topological polar surface area (TPSA) is 68.0 Å². The largest absolute Gasteiger partial charge is 0.423 e. The molecule has 0 spiro atoms. The molecule has 1 saturated carbocycles. The van der Waals surface area contributed by atoms with Gasteiger partial charge in [0.15, 0.2) is 0 Å². The van der Waals surface area contributed by atoms with Gasteiger partial charge in [0.05, 0.1) is 5.92 Å². The van der Waals surface area contributed by atoms with Gasteiger partial charge in [-0.15, -0.1) is 10.2 Å². The van der Waals surface area contributed by atoms with Crippen molar-refractivity contribution >= 4 is 11.6 Å². The van der Waals surface area contributed by atoms with Crippen molar-refractivity contribution in [1.82, 2.24) is 10.2 Å². The monoisotopic (exact) mass is 311 g/mol. The highest BCUT2D eigenvalue weighted by molar-refractivity contribution is 5.96. The summed E-state index contributed by atoms with van der Waals surface area (Å²) in [6.45, 7) is 8.40. The highest BCUT2D eigenvalue weighted by atomic mass is 16.4. The van der Waals surface area contributed by atoms with Crippen LogP contribution in [0.1, 0.15) is 27.7 Å². The highest BCUT2D eigenvalue weighted by Crippen LogP contribution is 2.59. The maximum atomic E-state index is 12.6. The molecule has 120 valence electrons. The van der Waals surface area contributed by atoms with Crippen LogP contribution in [0.15, 0.2) is 46.7 Å². The molecule has 0 saturated heterocycles. The first-order valence-electron chi connectivity index (χ1n) is 7.72. The molecule has 1 heterocycles. The lowest BCUT2D eigenvalue weighted by Gasteiger charge is -2.07. The third kappa shape index (κ3) is 3.04. The molecule has 5 heteroatoms. The second kappa shape index (κ2) is 5.65. The van der Waals surface area contributed by atoms with Crippen LogP contribution in [-0.2, 0) is 4.79 Å². The number of benzene rings is 1. The van der Waals surface area contributed by atoms with Crippen LogP contribution in [0, 0.1) is 17.3 Å². The molecular weight excluding hydrogens is 290 g/mol. The number of allylic oxidation sites excluding steroid dienone is 2. The predicted molar refractivity (Wildman–Crippen MR) is 88.6 cm³/mol. The van der Waals surface area contributed by atoms with E-state index in [2.05, 4.69) is 49.3 Å². The molecule has 0 bridgehead atoms. The molecule has 0 unspecified atom stereocenters. The molecule has 1 aliphatic carbocycles. The summed E-state index contributed by atoms with van der Waals surface area (Å²) in [5, 5.41) is 10.6. The maximum Gasteiger partial charge on any atom is 0.247 e. The van der Waals surface area contributed by atoms with Crippen molar-refractivity contribution in [3.63, 3.8) is 0 Å². The standard InChI is InChI=1S/C18H21N3O2/c1-11(2)8-14-15(18(14,3)4)16(22)20-13-7-5-6-12(9-13)17-21-19-10-23-17/h5-10,14-15H,1-4H3,(H,20,22)/t14-,15+/m1/s1. The van der Waals surface area contributed by atoms with Gasteiger partial charge >= 0.3 is 0 Å². The van der Waals surface area contributed by atoms with Crippen LogP contribution in [0.4, 0.5) is 5.69 Å². The molecule has 2 aromatic rings. The van der Waals surface area contributed by atoms with Crippen molar-refractivity contribution in [3.05, 3.63) is 42.3 Å². The number of carbonyl (C=O) groups is 1. The van der Waals surface area contributed by atoms with E-state index in [1.807, 2.05) is 24.3 Å². The van der Waals surface area contributed by atoms with E-state index in [0.29, 0.717) is 11.8 Å². The second-order valence-electron chi connectivity index (χ2n) is 6.88. The van der Waals surface area contributed by atoms with Gasteiger partial charge in [0, 0.05) is 11.3 Å². The Bertz CT molecular complexity index is 743. The van der Waals surface area contributed by atoms with Crippen LogP contribution < -0.4 is 5.32 Å². The first kappa shape index (κ1) is 15.5. The van der Waals surface area contributed by atoms with Gasteiger partial charge in [-0.1, -0.05) is 31.6 Å². The van der Waals surface area contributed by atoms with Crippen molar-refractivity contribution in [1.29, 1.82) is 0 Å². The average Bonchev–Trinajstić information content (AvgIpc) is 2.87. The zero-order chi connectivity index (χ0) is 16.6. The molecular formula is C18H21N3O2. The molecule has 0 aliphatic heterocycles. The van der Waals surface area contributed by atoms with Crippen LogP contribution in [0.5, 0.6) is 0 Å². The van der Waals surface area contributed by atoms with Crippen LogP contribution in [-0.4, -0.2) is 16.1 Å². The molecule has 1 aliphatic rings. The van der Waals surface area contributed by atoms with Gasteiger partial charge in [-0.3, -0.25) is 4.79 Å². The average molecular weight is 311 g/mol. The highest BCUT2D eigenvalue weighted by Gasteiger charge is 2.60. The minimum Gasteiger partial charge on any atom is -0.423 e. The Hall–Kier alpha value is -2.43. The number of aromatic nitrogens is 2. The Morgan fingerprint density at radius 1 is 1.35 bits per heavy atom. The third-order valence-corrected chi connectivity index (χ3v) is 4.44. The van der Waals surface area contributed by atoms with E-state index in [4.69, 9.17) is 4.42 Å². The zero-order valence-corrected chi connectivity index (χ0v) is 13.8. The number of hydrogen-bond donors (Lipinski definition) is 1. The fourth-order valence-electron chi connectivity index (χ4n) is 3.10. The summed E-state index contributed by atoms with van der Waals surface area (Å²) < 4.78 is 5.19. The van der Waals surface area contributed by atoms with Gasteiger partial charge < -0.3 is 9.73 Å². The van der Waals surface area contributed by atoms with Gasteiger partial charge in [-0.05, 0) is 43.4 Å². The first-order chi connectivity index (χ1) is 10.9. The fourth-order valence-corrected chi connectivity index (χ4v) is 3.10. The van der Waals surface area contributed by atoms with Crippen molar-refractivity contribution < 1.29 is 9.21 Å². The smallest absolute Gasteiger partial charge is 0.247 e. The Balaban J connectivity index is 1.74. The number of carbonyl (C=O) groups excluding carboxylic acids is 1. The van der Waals surface area contributed by atoms with Crippen LogP contribution in [0.2, 0.25) is 0 Å². The molecule has 2 atom stereocenters. The van der Waals surface area contributed by atoms with E-state index in [0.717, 1.165) is 11.3 Å². The van der Waals surface area contributed by atoms with Gasteiger partial charge in [-0.25, -0.2) is 0 Å². The SMILES string of the molecule is CC(C)=C[C@@H]1[C@@H](C(=O)Nc2cccc(-c3nnco3)c2)C1(C)C. The van der Waals surface area contributed by atoms with Gasteiger partial charge in [-0.2, -0.15) is 0 Å². The molecule has 3 rings (SSSR count). The number of amides is 1. The Morgan fingerprint density at radius 3 is 2.78 bits per heavy atom. The molecule has 5 nitrogen and oxygen atoms in total. The molecule has 23 heavy (non-hydrogen) atoms. The Kier molecular flexibility index (Phi) is 3.80. The van der Waals surface area contributed by atoms with Crippen molar-refractivity contribution in [2.24, 2.45) is 17.3 Å². The maximum absolute atomic E-state index is 12.6. The van der Waals surface area contributed by atoms with E-state index in [1.54, 1.807) is 0 Å². The summed E-state index contributed by atoms with van der Waals surface area (Å²) in [6, 6.07) is 7.44. The lowest BCUT2D eigenvalue weighted by molar-refractivity contribution is -0.118. The normalized spacial score (nSPS) is 21.6.